The molecule has 0 unspecified atom stereocenters. The Bertz CT molecular complexity index is 777. The van der Waals surface area contributed by atoms with E-state index in [-0.39, 0.29) is 24.5 Å². The van der Waals surface area contributed by atoms with Gasteiger partial charge in [-0.2, -0.15) is 0 Å². The van der Waals surface area contributed by atoms with Crippen molar-refractivity contribution in [3.8, 4) is 0 Å². The molecule has 1 amide bonds. The lowest BCUT2D eigenvalue weighted by molar-refractivity contribution is -0.121. The minimum Gasteiger partial charge on any atom is -0.352 e. The molecular formula is C22H27F2N3O. The zero-order valence-corrected chi connectivity index (χ0v) is 16.1. The number of piperidine rings is 1. The second-order valence-electron chi connectivity index (χ2n) is 7.37. The van der Waals surface area contributed by atoms with E-state index in [4.69, 9.17) is 0 Å². The van der Waals surface area contributed by atoms with E-state index in [1.165, 1.54) is 17.7 Å². The quantitative estimate of drug-likeness (QED) is 0.765. The second-order valence-corrected chi connectivity index (χ2v) is 7.37. The molecule has 0 aliphatic carbocycles. The number of nitrogens with zero attached hydrogens (tertiary/aromatic N) is 1. The number of halogens is 2. The Hall–Kier alpha value is -2.31. The van der Waals surface area contributed by atoms with Crippen molar-refractivity contribution in [1.29, 1.82) is 0 Å². The minimum atomic E-state index is -0.607. The molecule has 2 aromatic rings. The van der Waals surface area contributed by atoms with Crippen LogP contribution in [0.25, 0.3) is 0 Å². The average molecular weight is 387 g/mol. The van der Waals surface area contributed by atoms with E-state index in [1.54, 1.807) is 6.92 Å². The normalized spacial score (nSPS) is 16.7. The first-order valence-corrected chi connectivity index (χ1v) is 9.75. The summed E-state index contributed by atoms with van der Waals surface area (Å²) in [4.78, 5) is 14.6. The molecule has 0 spiro atoms. The van der Waals surface area contributed by atoms with Crippen LogP contribution in [0.15, 0.2) is 48.5 Å². The van der Waals surface area contributed by atoms with Crippen LogP contribution in [0.1, 0.15) is 36.9 Å². The van der Waals surface area contributed by atoms with Crippen LogP contribution in [0.4, 0.5) is 8.78 Å². The third kappa shape index (κ3) is 5.84. The topological polar surface area (TPSA) is 44.4 Å². The highest BCUT2D eigenvalue weighted by molar-refractivity contribution is 5.78. The van der Waals surface area contributed by atoms with Gasteiger partial charge in [0.2, 0.25) is 5.91 Å². The van der Waals surface area contributed by atoms with E-state index in [0.29, 0.717) is 5.56 Å². The lowest BCUT2D eigenvalue weighted by atomic mass is 10.0. The van der Waals surface area contributed by atoms with Crippen molar-refractivity contribution in [2.45, 2.75) is 38.4 Å². The monoisotopic (exact) mass is 387 g/mol. The van der Waals surface area contributed by atoms with Gasteiger partial charge in [0.1, 0.15) is 11.6 Å². The first-order valence-electron chi connectivity index (χ1n) is 9.75. The largest absolute Gasteiger partial charge is 0.352 e. The van der Waals surface area contributed by atoms with Crippen molar-refractivity contribution in [2.75, 3.05) is 19.6 Å². The smallest absolute Gasteiger partial charge is 0.234 e. The van der Waals surface area contributed by atoms with Gasteiger partial charge in [0, 0.05) is 43.3 Å². The van der Waals surface area contributed by atoms with Crippen molar-refractivity contribution < 1.29 is 13.6 Å². The van der Waals surface area contributed by atoms with Gasteiger partial charge in [0.25, 0.3) is 0 Å². The fraction of sp³-hybridized carbons (Fsp3) is 0.409. The van der Waals surface area contributed by atoms with Crippen molar-refractivity contribution >= 4 is 5.91 Å². The van der Waals surface area contributed by atoms with Gasteiger partial charge in [-0.15, -0.1) is 0 Å². The summed E-state index contributed by atoms with van der Waals surface area (Å²) in [5.41, 5.74) is 1.65. The van der Waals surface area contributed by atoms with Gasteiger partial charge < -0.3 is 10.6 Å². The Labute approximate surface area is 164 Å². The highest BCUT2D eigenvalue weighted by Crippen LogP contribution is 2.17. The van der Waals surface area contributed by atoms with Crippen molar-refractivity contribution in [3.05, 3.63) is 71.3 Å². The van der Waals surface area contributed by atoms with Gasteiger partial charge >= 0.3 is 0 Å². The van der Waals surface area contributed by atoms with Gasteiger partial charge in [0.15, 0.2) is 0 Å². The number of amides is 1. The minimum absolute atomic E-state index is 0.0994. The van der Waals surface area contributed by atoms with Crippen LogP contribution >= 0.6 is 0 Å². The van der Waals surface area contributed by atoms with Crippen molar-refractivity contribution in [2.24, 2.45) is 0 Å². The number of carbonyl (C=O) groups excluding carboxylic acids is 1. The van der Waals surface area contributed by atoms with E-state index in [1.807, 2.05) is 18.2 Å². The highest BCUT2D eigenvalue weighted by Gasteiger charge is 2.21. The molecule has 28 heavy (non-hydrogen) atoms. The summed E-state index contributed by atoms with van der Waals surface area (Å²) in [6, 6.07) is 13.7. The van der Waals surface area contributed by atoms with Gasteiger partial charge in [-0.3, -0.25) is 9.69 Å². The predicted molar refractivity (Wildman–Crippen MR) is 106 cm³/mol. The second kappa shape index (κ2) is 9.75. The Morgan fingerprint density at radius 3 is 2.54 bits per heavy atom. The number of nitrogens with one attached hydrogen (secondary N) is 2. The van der Waals surface area contributed by atoms with Crippen LogP contribution in [0.2, 0.25) is 0 Å². The maximum Gasteiger partial charge on any atom is 0.234 e. The van der Waals surface area contributed by atoms with Gasteiger partial charge in [-0.05, 0) is 31.4 Å². The third-order valence-electron chi connectivity index (χ3n) is 5.20. The molecule has 0 saturated carbocycles. The zero-order valence-electron chi connectivity index (χ0n) is 16.1. The van der Waals surface area contributed by atoms with E-state index in [2.05, 4.69) is 27.7 Å². The van der Waals surface area contributed by atoms with Gasteiger partial charge in [-0.25, -0.2) is 8.78 Å². The van der Waals surface area contributed by atoms with Crippen LogP contribution in [0.5, 0.6) is 0 Å². The fourth-order valence-corrected chi connectivity index (χ4v) is 3.56. The highest BCUT2D eigenvalue weighted by atomic mass is 19.1. The van der Waals surface area contributed by atoms with Crippen molar-refractivity contribution in [3.63, 3.8) is 0 Å². The van der Waals surface area contributed by atoms with Crippen LogP contribution in [0.3, 0.4) is 0 Å². The van der Waals surface area contributed by atoms with Crippen LogP contribution in [-0.2, 0) is 11.3 Å². The number of benzene rings is 2. The first kappa shape index (κ1) is 20.4. The third-order valence-corrected chi connectivity index (χ3v) is 5.20. The Balaban J connectivity index is 1.38. The lowest BCUT2D eigenvalue weighted by Crippen LogP contribution is -2.46. The zero-order chi connectivity index (χ0) is 19.9. The van der Waals surface area contributed by atoms with Gasteiger partial charge in [0.05, 0.1) is 6.54 Å². The number of hydrogen-bond donors (Lipinski definition) is 2. The summed E-state index contributed by atoms with van der Waals surface area (Å²) in [5.74, 6) is -1.31. The summed E-state index contributed by atoms with van der Waals surface area (Å²) in [5, 5.41) is 6.06. The number of likely N-dealkylation sites (tertiary alicyclic amines) is 1. The summed E-state index contributed by atoms with van der Waals surface area (Å²) < 4.78 is 26.8. The van der Waals surface area contributed by atoms with E-state index >= 15 is 0 Å². The summed E-state index contributed by atoms with van der Waals surface area (Å²) in [6.07, 6.45) is 1.83. The molecular weight excluding hydrogens is 360 g/mol. The molecule has 1 fully saturated rings. The Morgan fingerprint density at radius 2 is 1.86 bits per heavy atom. The molecule has 1 aliphatic rings. The average Bonchev–Trinajstić information content (AvgIpc) is 2.68. The molecule has 1 saturated heterocycles. The molecule has 0 bridgehead atoms. The first-order chi connectivity index (χ1) is 13.5. The molecule has 4 nitrogen and oxygen atoms in total. The Kier molecular flexibility index (Phi) is 7.12. The standard InChI is InChI=1S/C22H27F2N3O/c1-16(20-8-7-18(23)13-21(20)24)25-14-22(28)26-19-9-11-27(12-10-19)15-17-5-3-2-4-6-17/h2-8,13,16,19,25H,9-12,14-15H2,1H3,(H,26,28)/t16-/m1/s1. The summed E-state index contributed by atoms with van der Waals surface area (Å²) >= 11 is 0. The number of hydrogen-bond acceptors (Lipinski definition) is 3. The maximum atomic E-state index is 13.8. The molecule has 6 heteroatoms. The summed E-state index contributed by atoms with van der Waals surface area (Å²) in [6.45, 7) is 4.69. The number of carbonyl (C=O) groups is 1. The van der Waals surface area contributed by atoms with Crippen LogP contribution in [0, 0.1) is 11.6 Å². The van der Waals surface area contributed by atoms with Crippen LogP contribution < -0.4 is 10.6 Å². The lowest BCUT2D eigenvalue weighted by Gasteiger charge is -2.32. The molecule has 1 atom stereocenters. The Morgan fingerprint density at radius 1 is 1.14 bits per heavy atom. The van der Waals surface area contributed by atoms with E-state index < -0.39 is 11.6 Å². The van der Waals surface area contributed by atoms with Gasteiger partial charge in [-0.1, -0.05) is 36.4 Å². The molecule has 2 aromatic carbocycles. The maximum absolute atomic E-state index is 13.8. The molecule has 1 heterocycles. The molecule has 150 valence electrons. The van der Waals surface area contributed by atoms with E-state index in [9.17, 15) is 13.6 Å². The fourth-order valence-electron chi connectivity index (χ4n) is 3.56. The molecule has 3 rings (SSSR count). The molecule has 0 aromatic heterocycles. The summed E-state index contributed by atoms with van der Waals surface area (Å²) in [7, 11) is 0. The van der Waals surface area contributed by atoms with Crippen LogP contribution in [-0.4, -0.2) is 36.5 Å². The predicted octanol–water partition coefficient (Wildman–Crippen LogP) is 3.40. The number of rotatable bonds is 7. The SMILES string of the molecule is C[C@@H](NCC(=O)NC1CCN(Cc2ccccc2)CC1)c1ccc(F)cc1F. The molecule has 0 radical (unpaired) electrons. The molecule has 1 aliphatic heterocycles. The van der Waals surface area contributed by atoms with E-state index in [0.717, 1.165) is 38.5 Å². The van der Waals surface area contributed by atoms with Crippen molar-refractivity contribution in [1.82, 2.24) is 15.5 Å². The molecule has 2 N–H and O–H groups in total.